The highest BCUT2D eigenvalue weighted by Gasteiger charge is 2.23. The third-order valence-electron chi connectivity index (χ3n) is 5.24. The fourth-order valence-corrected chi connectivity index (χ4v) is 3.42. The highest BCUT2D eigenvalue weighted by atomic mass is 16.6. The summed E-state index contributed by atoms with van der Waals surface area (Å²) in [5, 5.41) is 15.3. The zero-order chi connectivity index (χ0) is 25.5. The lowest BCUT2D eigenvalue weighted by Crippen LogP contribution is -2.36. The van der Waals surface area contributed by atoms with E-state index in [-0.39, 0.29) is 17.3 Å². The predicted octanol–water partition coefficient (Wildman–Crippen LogP) is 2.68. The van der Waals surface area contributed by atoms with Gasteiger partial charge in [0.05, 0.1) is 18.5 Å². The molecule has 2 aromatic carbocycles. The monoisotopic (exact) mass is 490 g/mol. The Labute approximate surface area is 207 Å². The first-order chi connectivity index (χ1) is 17.5. The van der Waals surface area contributed by atoms with Crippen molar-refractivity contribution in [3.63, 3.8) is 0 Å². The first-order valence-electron chi connectivity index (χ1n) is 11.1. The summed E-state index contributed by atoms with van der Waals surface area (Å²) in [6.45, 7) is 6.36. The number of benzene rings is 2. The zero-order valence-electron chi connectivity index (χ0n) is 19.9. The van der Waals surface area contributed by atoms with Gasteiger partial charge in [0.25, 0.3) is 5.91 Å². The number of aromatic nitrogens is 5. The van der Waals surface area contributed by atoms with Crippen molar-refractivity contribution in [1.82, 2.24) is 36.2 Å². The van der Waals surface area contributed by atoms with Gasteiger partial charge in [-0.15, -0.1) is 5.10 Å². The largest absolute Gasteiger partial charge is 0.493 e. The number of amides is 1. The van der Waals surface area contributed by atoms with E-state index in [2.05, 4.69) is 42.7 Å². The summed E-state index contributed by atoms with van der Waals surface area (Å²) >= 11 is 0. The second-order valence-corrected chi connectivity index (χ2v) is 7.72. The van der Waals surface area contributed by atoms with Gasteiger partial charge in [-0.05, 0) is 40.5 Å². The fraction of sp³-hybridized carbons (Fsp3) is 0.208. The number of nitrogen functional groups attached to an aromatic ring is 1. The van der Waals surface area contributed by atoms with Crippen molar-refractivity contribution in [2.24, 2.45) is 0 Å². The summed E-state index contributed by atoms with van der Waals surface area (Å²) in [7, 11) is 1.56. The minimum Gasteiger partial charge on any atom is -0.493 e. The highest BCUT2D eigenvalue weighted by Crippen LogP contribution is 2.30. The van der Waals surface area contributed by atoms with Crippen LogP contribution in [0.3, 0.4) is 0 Å². The highest BCUT2D eigenvalue weighted by molar-refractivity contribution is 5.93. The van der Waals surface area contributed by atoms with Crippen molar-refractivity contribution in [2.45, 2.75) is 26.4 Å². The molecular formula is C24H26N8O4. The number of hydrazine groups is 1. The summed E-state index contributed by atoms with van der Waals surface area (Å²) in [6.07, 6.45) is 1.24. The topological polar surface area (TPSA) is 155 Å². The Kier molecular flexibility index (Phi) is 7.44. The average molecular weight is 491 g/mol. The van der Waals surface area contributed by atoms with Crippen molar-refractivity contribution < 1.29 is 18.9 Å². The van der Waals surface area contributed by atoms with Crippen LogP contribution < -0.4 is 26.1 Å². The predicted molar refractivity (Wildman–Crippen MR) is 131 cm³/mol. The van der Waals surface area contributed by atoms with Crippen LogP contribution in [0.1, 0.15) is 40.7 Å². The van der Waals surface area contributed by atoms with Crippen molar-refractivity contribution in [1.29, 1.82) is 0 Å². The number of nitrogens with zero attached hydrogens (tertiary/aromatic N) is 5. The Bertz CT molecular complexity index is 1350. The van der Waals surface area contributed by atoms with E-state index in [0.717, 1.165) is 12.0 Å². The molecule has 0 radical (unpaired) electrons. The van der Waals surface area contributed by atoms with Gasteiger partial charge in [0.15, 0.2) is 17.2 Å². The van der Waals surface area contributed by atoms with Gasteiger partial charge in [0, 0.05) is 5.56 Å². The van der Waals surface area contributed by atoms with Crippen LogP contribution in [0.4, 0.5) is 5.82 Å². The molecule has 12 nitrogen and oxygen atoms in total. The molecule has 1 amide bonds. The molecule has 4 rings (SSSR count). The molecule has 4 aromatic rings. The number of nitrogens with one attached hydrogen (secondary N) is 2. The second kappa shape index (κ2) is 11.0. The minimum atomic E-state index is -0.504. The number of methoxy groups -OCH3 is 1. The molecule has 2 aromatic heterocycles. The average Bonchev–Trinajstić information content (AvgIpc) is 3.52. The van der Waals surface area contributed by atoms with E-state index >= 15 is 0 Å². The molecule has 0 bridgehead atoms. The Balaban J connectivity index is 1.43. The maximum Gasteiger partial charge on any atom is 0.292 e. The molecule has 0 saturated heterocycles. The van der Waals surface area contributed by atoms with E-state index in [1.807, 2.05) is 43.3 Å². The van der Waals surface area contributed by atoms with Gasteiger partial charge in [0.1, 0.15) is 6.61 Å². The van der Waals surface area contributed by atoms with Crippen LogP contribution in [0, 0.1) is 0 Å². The Morgan fingerprint density at radius 3 is 2.64 bits per heavy atom. The number of carbonyl (C=O) groups excluding carboxylic acids is 1. The number of hydrogen-bond acceptors (Lipinski definition) is 10. The van der Waals surface area contributed by atoms with Gasteiger partial charge in [-0.3, -0.25) is 15.6 Å². The SMILES string of the molecule is C=C(NNC(=O)c1nnn(-c2nonc2N)c1CCC)c1ccc(OCc2ccccc2)c(OC)c1. The molecule has 0 spiro atoms. The summed E-state index contributed by atoms with van der Waals surface area (Å²) < 4.78 is 17.4. The first-order valence-corrected chi connectivity index (χ1v) is 11.1. The van der Waals surface area contributed by atoms with Gasteiger partial charge < -0.3 is 15.2 Å². The lowest BCUT2D eigenvalue weighted by molar-refractivity contribution is 0.0936. The molecule has 2 heterocycles. The van der Waals surface area contributed by atoms with E-state index in [9.17, 15) is 4.79 Å². The smallest absolute Gasteiger partial charge is 0.292 e. The Hall–Kier alpha value is -4.87. The van der Waals surface area contributed by atoms with Gasteiger partial charge >= 0.3 is 0 Å². The van der Waals surface area contributed by atoms with Crippen molar-refractivity contribution in [2.75, 3.05) is 12.8 Å². The van der Waals surface area contributed by atoms with Crippen LogP contribution in [-0.4, -0.2) is 38.3 Å². The lowest BCUT2D eigenvalue weighted by atomic mass is 10.1. The normalized spacial score (nSPS) is 10.6. The molecule has 186 valence electrons. The molecule has 0 saturated carbocycles. The third-order valence-corrected chi connectivity index (χ3v) is 5.24. The van der Waals surface area contributed by atoms with Crippen LogP contribution in [0.15, 0.2) is 59.7 Å². The molecule has 36 heavy (non-hydrogen) atoms. The van der Waals surface area contributed by atoms with Gasteiger partial charge in [-0.25, -0.2) is 4.63 Å². The number of anilines is 1. The number of carbonyl (C=O) groups is 1. The summed E-state index contributed by atoms with van der Waals surface area (Å²) in [6, 6.07) is 15.2. The third kappa shape index (κ3) is 5.27. The van der Waals surface area contributed by atoms with Crippen LogP contribution in [0.25, 0.3) is 11.5 Å². The standard InChI is InChI=1S/C24H26N8O4/c1-4-8-18-21(27-31-32(18)23-22(25)29-36-30-23)24(33)28-26-15(2)17-11-12-19(20(13-17)34-3)35-14-16-9-6-5-7-10-16/h5-7,9-13,26H,2,4,8,14H2,1,3H3,(H2,25,29)(H,28,33). The number of hydrogen-bond donors (Lipinski definition) is 3. The minimum absolute atomic E-state index is 0.0425. The van der Waals surface area contributed by atoms with E-state index < -0.39 is 5.91 Å². The van der Waals surface area contributed by atoms with Crippen LogP contribution >= 0.6 is 0 Å². The van der Waals surface area contributed by atoms with E-state index in [1.165, 1.54) is 4.68 Å². The van der Waals surface area contributed by atoms with Crippen molar-refractivity contribution in [3.05, 3.63) is 77.6 Å². The molecule has 0 unspecified atom stereocenters. The lowest BCUT2D eigenvalue weighted by Gasteiger charge is -2.15. The number of rotatable bonds is 11. The molecule has 0 aliphatic heterocycles. The van der Waals surface area contributed by atoms with E-state index in [4.69, 9.17) is 15.2 Å². The quantitative estimate of drug-likeness (QED) is 0.267. The van der Waals surface area contributed by atoms with Crippen molar-refractivity contribution in [3.8, 4) is 17.3 Å². The molecule has 0 aliphatic rings. The molecule has 0 aliphatic carbocycles. The molecule has 12 heteroatoms. The van der Waals surface area contributed by atoms with Gasteiger partial charge in [0.2, 0.25) is 11.6 Å². The van der Waals surface area contributed by atoms with Crippen LogP contribution in [-0.2, 0) is 13.0 Å². The molecular weight excluding hydrogens is 464 g/mol. The molecule has 0 atom stereocenters. The summed E-state index contributed by atoms with van der Waals surface area (Å²) in [5.74, 6) is 0.828. The van der Waals surface area contributed by atoms with Crippen LogP contribution in [0.2, 0.25) is 0 Å². The molecule has 4 N–H and O–H groups in total. The second-order valence-electron chi connectivity index (χ2n) is 7.72. The van der Waals surface area contributed by atoms with Gasteiger partial charge in [-0.2, -0.15) is 4.68 Å². The van der Waals surface area contributed by atoms with E-state index in [0.29, 0.717) is 41.5 Å². The fourth-order valence-electron chi connectivity index (χ4n) is 3.42. The Morgan fingerprint density at radius 1 is 1.14 bits per heavy atom. The number of nitrogens with two attached hydrogens (primary N) is 1. The van der Waals surface area contributed by atoms with Crippen molar-refractivity contribution >= 4 is 17.4 Å². The number of ether oxygens (including phenoxy) is 2. The Morgan fingerprint density at radius 2 is 1.94 bits per heavy atom. The van der Waals surface area contributed by atoms with E-state index in [1.54, 1.807) is 19.2 Å². The summed E-state index contributed by atoms with van der Waals surface area (Å²) in [4.78, 5) is 12.9. The zero-order valence-corrected chi connectivity index (χ0v) is 19.9. The maximum atomic E-state index is 12.9. The first kappa shape index (κ1) is 24.3. The summed E-state index contributed by atoms with van der Waals surface area (Å²) in [5.41, 5.74) is 14.0. The van der Waals surface area contributed by atoms with Crippen LogP contribution in [0.5, 0.6) is 11.5 Å². The van der Waals surface area contributed by atoms with Gasteiger partial charge in [-0.1, -0.05) is 55.5 Å². The molecule has 0 fully saturated rings. The maximum absolute atomic E-state index is 12.9.